The number of benzene rings is 1. The Morgan fingerprint density at radius 2 is 1.87 bits per heavy atom. The number of methoxy groups -OCH3 is 2. The van der Waals surface area contributed by atoms with Gasteiger partial charge in [0.15, 0.2) is 11.5 Å². The van der Waals surface area contributed by atoms with Gasteiger partial charge in [-0.05, 0) is 50.6 Å². The van der Waals surface area contributed by atoms with Crippen LogP contribution in [0.5, 0.6) is 17.4 Å². The maximum absolute atomic E-state index is 11.8. The van der Waals surface area contributed by atoms with Crippen molar-refractivity contribution >= 4 is 5.69 Å². The normalized spacial score (nSPS) is 13.9. The lowest BCUT2D eigenvalue weighted by Crippen LogP contribution is -2.21. The van der Waals surface area contributed by atoms with Gasteiger partial charge in [-0.2, -0.15) is 0 Å². The summed E-state index contributed by atoms with van der Waals surface area (Å²) in [5.74, 6) is 1.07. The van der Waals surface area contributed by atoms with Gasteiger partial charge in [0.1, 0.15) is 6.61 Å². The van der Waals surface area contributed by atoms with Crippen molar-refractivity contribution in [1.82, 2.24) is 9.88 Å². The number of likely N-dealkylation sites (tertiary alicyclic amines) is 1. The zero-order valence-electron chi connectivity index (χ0n) is 18.0. The van der Waals surface area contributed by atoms with E-state index in [1.807, 2.05) is 0 Å². The summed E-state index contributed by atoms with van der Waals surface area (Å²) in [6.07, 6.45) is 4.91. The second-order valence-corrected chi connectivity index (χ2v) is 7.23. The molecule has 1 aromatic carbocycles. The smallest absolute Gasteiger partial charge is 0.281 e. The molecule has 2 aromatic rings. The molecule has 0 atom stereocenters. The topological polar surface area (TPSA) is 96.2 Å². The first kappa shape index (κ1) is 22.8. The van der Waals surface area contributed by atoms with Crippen molar-refractivity contribution in [2.45, 2.75) is 19.3 Å². The number of nitro benzene ring substituents is 1. The van der Waals surface area contributed by atoms with Gasteiger partial charge in [-0.3, -0.25) is 10.1 Å². The lowest BCUT2D eigenvalue weighted by molar-refractivity contribution is -0.384. The van der Waals surface area contributed by atoms with Gasteiger partial charge in [-0.1, -0.05) is 0 Å². The van der Waals surface area contributed by atoms with Crippen molar-refractivity contribution in [2.24, 2.45) is 0 Å². The lowest BCUT2D eigenvalue weighted by Gasteiger charge is -2.16. The summed E-state index contributed by atoms with van der Waals surface area (Å²) in [7, 11) is 3.09. The van der Waals surface area contributed by atoms with Crippen molar-refractivity contribution < 1.29 is 23.9 Å². The molecule has 0 unspecified atom stereocenters. The van der Waals surface area contributed by atoms with Gasteiger partial charge >= 0.3 is 0 Å². The van der Waals surface area contributed by atoms with Crippen molar-refractivity contribution in [1.29, 1.82) is 0 Å². The molecule has 0 radical (unpaired) electrons. The first-order valence-corrected chi connectivity index (χ1v) is 10.4. The third kappa shape index (κ3) is 6.05. The first-order valence-electron chi connectivity index (χ1n) is 10.4. The number of rotatable bonds is 12. The van der Waals surface area contributed by atoms with E-state index in [9.17, 15) is 10.1 Å². The fourth-order valence-corrected chi connectivity index (χ4v) is 3.60. The van der Waals surface area contributed by atoms with Gasteiger partial charge < -0.3 is 23.8 Å². The maximum Gasteiger partial charge on any atom is 0.281 e. The van der Waals surface area contributed by atoms with Crippen LogP contribution in [0.2, 0.25) is 0 Å². The number of aromatic nitrogens is 1. The van der Waals surface area contributed by atoms with E-state index in [1.165, 1.54) is 26.0 Å². The predicted octanol–water partition coefficient (Wildman–Crippen LogP) is 3.56. The minimum atomic E-state index is -0.433. The first-order chi connectivity index (χ1) is 15.1. The van der Waals surface area contributed by atoms with E-state index < -0.39 is 4.92 Å². The molecule has 1 saturated heterocycles. The molecule has 0 spiro atoms. The van der Waals surface area contributed by atoms with Crippen molar-refractivity contribution in [3.05, 3.63) is 40.6 Å². The Balaban J connectivity index is 1.82. The third-order valence-electron chi connectivity index (χ3n) is 5.14. The number of nitrogens with zero attached hydrogens (tertiary/aromatic N) is 3. The summed E-state index contributed by atoms with van der Waals surface area (Å²) >= 11 is 0. The highest BCUT2D eigenvalue weighted by molar-refractivity contribution is 5.80. The lowest BCUT2D eigenvalue weighted by atomic mass is 10.0. The van der Waals surface area contributed by atoms with Gasteiger partial charge in [0.05, 0.1) is 42.4 Å². The minimum absolute atomic E-state index is 0.0973. The summed E-state index contributed by atoms with van der Waals surface area (Å²) in [4.78, 5) is 18.0. The number of hydrogen-bond donors (Lipinski definition) is 0. The molecule has 168 valence electrons. The molecule has 1 aliphatic heterocycles. The molecule has 0 N–H and O–H groups in total. The van der Waals surface area contributed by atoms with E-state index >= 15 is 0 Å². The molecule has 1 aromatic heterocycles. The number of hydrogen-bond acceptors (Lipinski definition) is 8. The predicted molar refractivity (Wildman–Crippen MR) is 116 cm³/mol. The quantitative estimate of drug-likeness (QED) is 0.286. The molecule has 0 saturated carbocycles. The van der Waals surface area contributed by atoms with Crippen LogP contribution < -0.4 is 14.2 Å². The molecule has 3 rings (SSSR count). The van der Waals surface area contributed by atoms with Crippen LogP contribution in [-0.4, -0.2) is 68.5 Å². The summed E-state index contributed by atoms with van der Waals surface area (Å²) in [6, 6.07) is 6.45. The number of ether oxygens (including phenoxy) is 4. The number of pyridine rings is 1. The minimum Gasteiger partial charge on any atom is -0.493 e. The van der Waals surface area contributed by atoms with E-state index in [1.54, 1.807) is 31.5 Å². The van der Waals surface area contributed by atoms with E-state index in [-0.39, 0.29) is 12.3 Å². The SMILES string of the molecule is COCCOc1ncccc1-c1cc(OC)c(OCCCN2CCCC2)cc1[N+](=O)[O-]. The molecule has 1 aliphatic rings. The summed E-state index contributed by atoms with van der Waals surface area (Å²) in [5, 5.41) is 11.8. The monoisotopic (exact) mass is 431 g/mol. The molecule has 2 heterocycles. The molecule has 9 heteroatoms. The zero-order chi connectivity index (χ0) is 22.1. The Hall–Kier alpha value is -2.91. The van der Waals surface area contributed by atoms with Crippen LogP contribution in [0, 0.1) is 10.1 Å². The summed E-state index contributed by atoms with van der Waals surface area (Å²) in [6.45, 7) is 4.34. The average Bonchev–Trinajstić information content (AvgIpc) is 3.30. The maximum atomic E-state index is 11.8. The highest BCUT2D eigenvalue weighted by atomic mass is 16.6. The molecule has 0 aliphatic carbocycles. The van der Waals surface area contributed by atoms with Crippen molar-refractivity contribution in [3.63, 3.8) is 0 Å². The Labute approximate surface area is 182 Å². The highest BCUT2D eigenvalue weighted by Gasteiger charge is 2.24. The molecular weight excluding hydrogens is 402 g/mol. The Morgan fingerprint density at radius 3 is 2.58 bits per heavy atom. The highest BCUT2D eigenvalue weighted by Crippen LogP contribution is 2.42. The molecular formula is C22H29N3O6. The second kappa shape index (κ2) is 11.5. The Bertz CT molecular complexity index is 870. The molecule has 1 fully saturated rings. The van der Waals surface area contributed by atoms with Gasteiger partial charge in [0, 0.05) is 19.9 Å². The van der Waals surface area contributed by atoms with Gasteiger partial charge in [-0.25, -0.2) is 4.98 Å². The van der Waals surface area contributed by atoms with Crippen LogP contribution in [0.4, 0.5) is 5.69 Å². The van der Waals surface area contributed by atoms with Crippen LogP contribution in [0.25, 0.3) is 11.1 Å². The fraction of sp³-hybridized carbons (Fsp3) is 0.500. The average molecular weight is 431 g/mol. The van der Waals surface area contributed by atoms with Gasteiger partial charge in [0.2, 0.25) is 5.88 Å². The van der Waals surface area contributed by atoms with Crippen LogP contribution >= 0.6 is 0 Å². The van der Waals surface area contributed by atoms with E-state index in [0.717, 1.165) is 26.1 Å². The van der Waals surface area contributed by atoms with Crippen LogP contribution in [0.15, 0.2) is 30.5 Å². The largest absolute Gasteiger partial charge is 0.493 e. The summed E-state index contributed by atoms with van der Waals surface area (Å²) < 4.78 is 22.0. The molecule has 9 nitrogen and oxygen atoms in total. The van der Waals surface area contributed by atoms with Crippen molar-refractivity contribution in [3.8, 4) is 28.5 Å². The Morgan fingerprint density at radius 1 is 1.06 bits per heavy atom. The molecule has 31 heavy (non-hydrogen) atoms. The fourth-order valence-electron chi connectivity index (χ4n) is 3.60. The molecule has 0 amide bonds. The van der Waals surface area contributed by atoms with Gasteiger partial charge in [0.25, 0.3) is 5.69 Å². The van der Waals surface area contributed by atoms with E-state index in [4.69, 9.17) is 18.9 Å². The zero-order valence-corrected chi connectivity index (χ0v) is 18.0. The van der Waals surface area contributed by atoms with Crippen LogP contribution in [-0.2, 0) is 4.74 Å². The summed E-state index contributed by atoms with van der Waals surface area (Å²) in [5.41, 5.74) is 0.760. The number of nitro groups is 1. The van der Waals surface area contributed by atoms with Crippen LogP contribution in [0.3, 0.4) is 0 Å². The second-order valence-electron chi connectivity index (χ2n) is 7.23. The van der Waals surface area contributed by atoms with Crippen molar-refractivity contribution in [2.75, 3.05) is 53.7 Å². The van der Waals surface area contributed by atoms with Gasteiger partial charge in [-0.15, -0.1) is 0 Å². The van der Waals surface area contributed by atoms with E-state index in [0.29, 0.717) is 41.7 Å². The van der Waals surface area contributed by atoms with Crippen LogP contribution in [0.1, 0.15) is 19.3 Å². The van der Waals surface area contributed by atoms with E-state index in [2.05, 4.69) is 9.88 Å². The molecule has 0 bridgehead atoms. The Kier molecular flexibility index (Phi) is 8.43. The third-order valence-corrected chi connectivity index (χ3v) is 5.14. The standard InChI is InChI=1S/C22H29N3O6/c1-28-13-14-31-22-17(7-5-8-23-22)18-15-20(29-2)21(16-19(18)25(26)27)30-12-6-11-24-9-3-4-10-24/h5,7-8,15-16H,3-4,6,9-14H2,1-2H3.